The standard InChI is InChI=1S/C84H64N14O32S8/c1-97-59-31-29-53(67-69(59)65(49-17-5-7-19-51(49)75(67)101)71(77(97)103)73(99)41-13-11-15-47(35-41)133(111,112)113)87-55-37-57(63(137(123,124)125)39-61(55)135(117,118)119)89-81-91-79(93-83(95-81)129-43-21-25-45(26-22-43)131(105,106)107)85-33-9-3-4-10-34-86-80-92-82(96-84(94-80)130-44-23-27-46(28-24-44)132(108,109)110)90-58-38-56(62(136(120,121)122)40-64(58)138(126,127)128)88-54-30-32-60-70-66(50-18-6-8-20-52(50)76(102)68(54)70)72(78(104)98(60)2)74(100)42-14-12-16-48(36-42)134(114,115)116/h5-8,11-32,35-40,87-88H,3-4,9-10,33-34H2,1-2H3,(H,105,106,107)(H,108,109,110)(H,111,112,113)(H,114,115,116)(H,117,118,119)(H,120,121,122)(H,123,124,125)(H,126,127,128)(H2,85,89,91,93,95)(H2,86,90,92,94,96). The summed E-state index contributed by atoms with van der Waals surface area (Å²) in [7, 11) is -39.3. The second kappa shape index (κ2) is 35.9. The lowest BCUT2D eigenvalue weighted by Crippen LogP contribution is -2.29. The summed E-state index contributed by atoms with van der Waals surface area (Å²) in [5.74, 6) is -6.23. The lowest BCUT2D eigenvalue weighted by molar-refractivity contribution is 0.102. The number of benzene rings is 10. The van der Waals surface area contributed by atoms with Crippen molar-refractivity contribution in [3.63, 3.8) is 0 Å². The molecule has 0 fully saturated rings. The maximum Gasteiger partial charge on any atom is 0.328 e. The smallest absolute Gasteiger partial charge is 0.328 e. The van der Waals surface area contributed by atoms with E-state index in [1.54, 1.807) is 0 Å². The van der Waals surface area contributed by atoms with E-state index in [4.69, 9.17) is 9.47 Å². The number of carbonyl (C=O) groups is 4. The Morgan fingerprint density at radius 1 is 0.312 bits per heavy atom. The predicted octanol–water partition coefficient (Wildman–Crippen LogP) is 10.3. The van der Waals surface area contributed by atoms with Crippen molar-refractivity contribution in [1.82, 2.24) is 39.0 Å². The number of anilines is 10. The van der Waals surface area contributed by atoms with E-state index in [0.29, 0.717) is 25.0 Å². The van der Waals surface area contributed by atoms with Crippen LogP contribution in [0.3, 0.4) is 0 Å². The highest BCUT2D eigenvalue weighted by Gasteiger charge is 2.39. The highest BCUT2D eigenvalue weighted by atomic mass is 32.2. The molecule has 46 nitrogen and oxygen atoms in total. The number of aryl methyl sites for hydroxylation is 2. The fraction of sp³-hybridized carbons (Fsp3) is 0.0952. The average molecular weight is 2040 g/mol. The molecule has 2 aliphatic carbocycles. The first kappa shape index (κ1) is 96.1. The third-order valence-corrected chi connectivity index (χ3v) is 28.6. The van der Waals surface area contributed by atoms with Gasteiger partial charge >= 0.3 is 12.0 Å². The Kier molecular flexibility index (Phi) is 25.0. The van der Waals surface area contributed by atoms with E-state index in [-0.39, 0.29) is 127 Å². The molecule has 0 saturated carbocycles. The zero-order chi connectivity index (χ0) is 99.3. The topological polar surface area (TPSA) is 715 Å². The summed E-state index contributed by atoms with van der Waals surface area (Å²) in [5, 5.41) is 16.2. The molecule has 0 bridgehead atoms. The number of rotatable bonds is 33. The fourth-order valence-electron chi connectivity index (χ4n) is 15.4. The van der Waals surface area contributed by atoms with E-state index < -0.39 is 223 Å². The van der Waals surface area contributed by atoms with Gasteiger partial charge in [-0.15, -0.1) is 0 Å². The zero-order valence-electron chi connectivity index (χ0n) is 69.9. The zero-order valence-corrected chi connectivity index (χ0v) is 76.5. The minimum absolute atomic E-state index is 0.00169. The SMILES string of the molecule is Cn1c(=O)c(C(=O)c2cccc(S(=O)(=O)O)c2)c2c3c(c(Nc4cc(Nc5nc(NCCCCCCNc6nc(Nc7cc(Nc8ccc9c%10c8C(=O)c8ccccc8-c%10c(C(=O)c8cccc(S(=O)(=O)O)c8)c(=O)n9C)c(S(=O)(=O)O)cc7S(=O)(=O)O)nc(Oc7ccc(S(=O)(=O)O)cc7)n6)nc(Oc6ccc(S(=O)(=O)O)cc6)n5)c(S(=O)(=O)O)cc4S(=O)(=O)O)ccc31)C(=O)c1ccccc1-2. The number of ether oxygens (including phenoxy) is 2. The van der Waals surface area contributed by atoms with Crippen LogP contribution in [0.4, 0.5) is 57.9 Å². The molecule has 138 heavy (non-hydrogen) atoms. The fourth-order valence-corrected chi connectivity index (χ4v) is 20.2. The van der Waals surface area contributed by atoms with E-state index >= 15 is 9.59 Å². The van der Waals surface area contributed by atoms with Gasteiger partial charge in [0, 0.05) is 71.3 Å². The van der Waals surface area contributed by atoms with Crippen molar-refractivity contribution < 1.29 is 132 Å². The van der Waals surface area contributed by atoms with Crippen molar-refractivity contribution in [2.45, 2.75) is 64.8 Å². The molecule has 4 heterocycles. The first-order chi connectivity index (χ1) is 64.8. The number of hydrogen-bond donors (Lipinski definition) is 14. The summed E-state index contributed by atoms with van der Waals surface area (Å²) in [6, 6.07) is 33.3. The van der Waals surface area contributed by atoms with Crippen LogP contribution in [0.15, 0.2) is 243 Å². The molecule has 2 aliphatic rings. The van der Waals surface area contributed by atoms with Gasteiger partial charge in [-0.25, -0.2) is 0 Å². The molecule has 0 unspecified atom stereocenters. The molecule has 0 atom stereocenters. The molecule has 10 aromatic carbocycles. The molecule has 0 spiro atoms. The first-order valence-electron chi connectivity index (χ1n) is 39.6. The van der Waals surface area contributed by atoms with Crippen LogP contribution in [-0.4, -0.2) is 179 Å². The van der Waals surface area contributed by atoms with Crippen molar-refractivity contribution in [2.75, 3.05) is 45.0 Å². The molecule has 710 valence electrons. The van der Waals surface area contributed by atoms with Gasteiger partial charge in [0.05, 0.1) is 87.0 Å². The van der Waals surface area contributed by atoms with Gasteiger partial charge in [0.1, 0.15) is 31.1 Å². The quantitative estimate of drug-likeness (QED) is 0.0103. The number of unbranched alkanes of at least 4 members (excludes halogenated alkanes) is 3. The van der Waals surface area contributed by atoms with E-state index in [2.05, 4.69) is 61.8 Å². The summed E-state index contributed by atoms with van der Waals surface area (Å²) < 4.78 is 301. The van der Waals surface area contributed by atoms with E-state index in [9.17, 15) is 123 Å². The molecule has 0 aliphatic heterocycles. The monoisotopic (exact) mass is 2040 g/mol. The first-order valence-corrected chi connectivity index (χ1v) is 51.1. The van der Waals surface area contributed by atoms with Crippen molar-refractivity contribution in [2.24, 2.45) is 14.1 Å². The minimum Gasteiger partial charge on any atom is -0.424 e. The largest absolute Gasteiger partial charge is 0.424 e. The maximum atomic E-state index is 15.0. The van der Waals surface area contributed by atoms with Crippen molar-refractivity contribution in [1.29, 1.82) is 0 Å². The number of aromatic nitrogens is 8. The number of ketones is 4. The Bertz CT molecular complexity index is 8320. The number of carbonyl (C=O) groups excluding carboxylic acids is 4. The number of hydrogen-bond acceptors (Lipinski definition) is 36. The number of pyridine rings is 2. The molecule has 14 aromatic rings. The van der Waals surface area contributed by atoms with Crippen LogP contribution in [-0.2, 0) is 95.0 Å². The molecule has 16 rings (SSSR count). The van der Waals surface area contributed by atoms with Crippen molar-refractivity contribution in [3.8, 4) is 45.8 Å². The Hall–Kier alpha value is -15.0. The number of nitrogens with one attached hydrogen (secondary N) is 6. The van der Waals surface area contributed by atoms with Gasteiger partial charge in [0.25, 0.3) is 92.1 Å². The molecule has 0 saturated heterocycles. The van der Waals surface area contributed by atoms with Crippen LogP contribution in [0.25, 0.3) is 44.1 Å². The summed E-state index contributed by atoms with van der Waals surface area (Å²) >= 11 is 0. The van der Waals surface area contributed by atoms with Crippen LogP contribution in [0, 0.1) is 0 Å². The van der Waals surface area contributed by atoms with E-state index in [0.717, 1.165) is 106 Å². The summed E-state index contributed by atoms with van der Waals surface area (Å²) in [6.07, 6.45) is 1.19. The van der Waals surface area contributed by atoms with Crippen LogP contribution in [0.5, 0.6) is 23.5 Å². The molecule has 4 aromatic heterocycles. The second-order valence-corrected chi connectivity index (χ2v) is 41.6. The summed E-state index contributed by atoms with van der Waals surface area (Å²) in [5.41, 5.74) is -8.81. The molecule has 0 amide bonds. The summed E-state index contributed by atoms with van der Waals surface area (Å²) in [6.45, 7) is -0.0496. The lowest BCUT2D eigenvalue weighted by Gasteiger charge is -2.26. The normalized spacial score (nSPS) is 12.8. The minimum atomic E-state index is -5.61. The van der Waals surface area contributed by atoms with Gasteiger partial charge in [-0.2, -0.15) is 97.2 Å². The van der Waals surface area contributed by atoms with Gasteiger partial charge in [0.15, 0.2) is 23.1 Å². The molecular weight excluding hydrogens is 1970 g/mol. The lowest BCUT2D eigenvalue weighted by atomic mass is 9.80. The third-order valence-electron chi connectivity index (χ3n) is 21.6. The average Bonchev–Trinajstić information content (AvgIpc) is 0.707. The third kappa shape index (κ3) is 19.4. The Labute approximate surface area is 778 Å². The number of nitrogens with zero attached hydrogens (tertiary/aromatic N) is 8. The predicted molar refractivity (Wildman–Crippen MR) is 489 cm³/mol. The van der Waals surface area contributed by atoms with Crippen molar-refractivity contribution >= 4 is 184 Å². The maximum absolute atomic E-state index is 15.0. The highest BCUT2D eigenvalue weighted by Crippen LogP contribution is 2.49. The van der Waals surface area contributed by atoms with Gasteiger partial charge in [0.2, 0.25) is 23.8 Å². The van der Waals surface area contributed by atoms with Crippen LogP contribution < -0.4 is 52.5 Å². The second-order valence-electron chi connectivity index (χ2n) is 30.4. The van der Waals surface area contributed by atoms with Gasteiger partial charge in [-0.1, -0.05) is 85.6 Å². The van der Waals surface area contributed by atoms with Crippen LogP contribution in [0.1, 0.15) is 89.4 Å². The Morgan fingerprint density at radius 2 is 0.630 bits per heavy atom. The molecular formula is C84H64N14O32S8. The van der Waals surface area contributed by atoms with E-state index in [1.165, 1.54) is 99.0 Å². The van der Waals surface area contributed by atoms with Gasteiger partial charge in [-0.3, -0.25) is 65.2 Å². The van der Waals surface area contributed by atoms with Crippen LogP contribution >= 0.6 is 0 Å². The molecule has 54 heteroatoms. The van der Waals surface area contributed by atoms with Crippen LogP contribution in [0.2, 0.25) is 0 Å². The number of fused-ring (bicyclic) bond motifs is 4. The summed E-state index contributed by atoms with van der Waals surface area (Å²) in [4.78, 5) is 106. The molecule has 14 N–H and O–H groups in total. The Balaban J connectivity index is 0.684. The Morgan fingerprint density at radius 3 is 0.957 bits per heavy atom. The van der Waals surface area contributed by atoms with E-state index in [1.807, 2.05) is 0 Å². The van der Waals surface area contributed by atoms with Gasteiger partial charge in [-0.05, 0) is 145 Å². The highest BCUT2D eigenvalue weighted by molar-refractivity contribution is 7.88. The molecule has 0 radical (unpaired) electrons. The van der Waals surface area contributed by atoms with Gasteiger partial charge < -0.3 is 50.5 Å². The van der Waals surface area contributed by atoms with Crippen molar-refractivity contribution in [3.05, 3.63) is 259 Å².